The van der Waals surface area contributed by atoms with E-state index in [1.807, 2.05) is 0 Å². The van der Waals surface area contributed by atoms with Gasteiger partial charge in [0.2, 0.25) is 0 Å². The van der Waals surface area contributed by atoms with E-state index in [0.29, 0.717) is 5.41 Å². The molecule has 0 amide bonds. The molecule has 1 aromatic carbocycles. The van der Waals surface area contributed by atoms with E-state index >= 15 is 0 Å². The summed E-state index contributed by atoms with van der Waals surface area (Å²) in [5, 5.41) is 1.06. The number of halogens is 1. The summed E-state index contributed by atoms with van der Waals surface area (Å²) < 4.78 is 5.87. The molecule has 16 heavy (non-hydrogen) atoms. The van der Waals surface area contributed by atoms with Crippen LogP contribution in [-0.2, 0) is 6.42 Å². The fourth-order valence-corrected chi connectivity index (χ4v) is 2.77. The van der Waals surface area contributed by atoms with Crippen LogP contribution in [-0.4, -0.2) is 11.9 Å². The molecular formula is C14H19BrO. The van der Waals surface area contributed by atoms with Gasteiger partial charge in [0.05, 0.1) is 6.61 Å². The van der Waals surface area contributed by atoms with Crippen molar-refractivity contribution in [1.82, 2.24) is 0 Å². The van der Waals surface area contributed by atoms with Crippen LogP contribution >= 0.6 is 15.9 Å². The van der Waals surface area contributed by atoms with E-state index in [4.69, 9.17) is 4.74 Å². The SMILES string of the molecule is CCc1ccc(OCC2(CBr)CCC2)cc1. The number of benzene rings is 1. The molecule has 2 rings (SSSR count). The van der Waals surface area contributed by atoms with Crippen LogP contribution in [0.15, 0.2) is 24.3 Å². The van der Waals surface area contributed by atoms with Gasteiger partial charge in [-0.05, 0) is 37.0 Å². The van der Waals surface area contributed by atoms with E-state index in [-0.39, 0.29) is 0 Å². The fraction of sp³-hybridized carbons (Fsp3) is 0.571. The number of hydrogen-bond acceptors (Lipinski definition) is 1. The summed E-state index contributed by atoms with van der Waals surface area (Å²) in [6.07, 6.45) is 5.03. The maximum atomic E-state index is 5.87. The Morgan fingerprint density at radius 1 is 1.25 bits per heavy atom. The van der Waals surface area contributed by atoms with Gasteiger partial charge in [-0.2, -0.15) is 0 Å². The van der Waals surface area contributed by atoms with Gasteiger partial charge in [0.25, 0.3) is 0 Å². The summed E-state index contributed by atoms with van der Waals surface area (Å²) in [6, 6.07) is 8.46. The molecule has 0 heterocycles. The highest BCUT2D eigenvalue weighted by Crippen LogP contribution is 2.42. The zero-order valence-corrected chi connectivity index (χ0v) is 11.4. The molecule has 2 heteroatoms. The molecule has 0 bridgehead atoms. The molecule has 1 nitrogen and oxygen atoms in total. The van der Waals surface area contributed by atoms with Crippen LogP contribution in [0.4, 0.5) is 0 Å². The second-order valence-corrected chi connectivity index (χ2v) is 5.33. The summed E-state index contributed by atoms with van der Waals surface area (Å²) in [5.74, 6) is 1.00. The van der Waals surface area contributed by atoms with Crippen LogP contribution in [0, 0.1) is 5.41 Å². The molecule has 0 unspecified atom stereocenters. The van der Waals surface area contributed by atoms with Crippen LogP contribution in [0.1, 0.15) is 31.7 Å². The van der Waals surface area contributed by atoms with Gasteiger partial charge in [-0.25, -0.2) is 0 Å². The van der Waals surface area contributed by atoms with Crippen LogP contribution in [0.2, 0.25) is 0 Å². The Morgan fingerprint density at radius 2 is 1.94 bits per heavy atom. The molecule has 0 spiro atoms. The number of alkyl halides is 1. The van der Waals surface area contributed by atoms with Crippen molar-refractivity contribution < 1.29 is 4.74 Å². The van der Waals surface area contributed by atoms with Crippen molar-refractivity contribution in [2.75, 3.05) is 11.9 Å². The highest BCUT2D eigenvalue weighted by molar-refractivity contribution is 9.09. The fourth-order valence-electron chi connectivity index (χ4n) is 2.05. The molecular weight excluding hydrogens is 264 g/mol. The van der Waals surface area contributed by atoms with Gasteiger partial charge in [0, 0.05) is 10.7 Å². The van der Waals surface area contributed by atoms with E-state index in [9.17, 15) is 0 Å². The lowest BCUT2D eigenvalue weighted by Gasteiger charge is -2.39. The first-order valence-electron chi connectivity index (χ1n) is 6.06. The molecule has 1 aliphatic rings. The minimum Gasteiger partial charge on any atom is -0.493 e. The molecule has 1 aliphatic carbocycles. The summed E-state index contributed by atoms with van der Waals surface area (Å²) >= 11 is 3.60. The number of aryl methyl sites for hydroxylation is 1. The largest absolute Gasteiger partial charge is 0.493 e. The molecule has 0 aromatic heterocycles. The Labute approximate surface area is 106 Å². The monoisotopic (exact) mass is 282 g/mol. The molecule has 1 fully saturated rings. The normalized spacial score (nSPS) is 17.9. The second kappa shape index (κ2) is 5.22. The first kappa shape index (κ1) is 12.0. The van der Waals surface area contributed by atoms with Gasteiger partial charge in [-0.1, -0.05) is 41.4 Å². The number of ether oxygens (including phenoxy) is 1. The summed E-state index contributed by atoms with van der Waals surface area (Å²) in [7, 11) is 0. The van der Waals surface area contributed by atoms with Crippen LogP contribution in [0.5, 0.6) is 5.75 Å². The lowest BCUT2D eigenvalue weighted by Crippen LogP contribution is -2.37. The van der Waals surface area contributed by atoms with Crippen molar-refractivity contribution in [3.05, 3.63) is 29.8 Å². The van der Waals surface area contributed by atoms with Crippen molar-refractivity contribution in [3.63, 3.8) is 0 Å². The van der Waals surface area contributed by atoms with Gasteiger partial charge >= 0.3 is 0 Å². The molecule has 0 atom stereocenters. The summed E-state index contributed by atoms with van der Waals surface area (Å²) in [4.78, 5) is 0. The highest BCUT2D eigenvalue weighted by Gasteiger charge is 2.36. The zero-order chi connectivity index (χ0) is 11.4. The predicted octanol–water partition coefficient (Wildman–Crippen LogP) is 4.19. The standard InChI is InChI=1S/C14H19BrO/c1-2-12-4-6-13(7-5-12)16-11-14(10-15)8-3-9-14/h4-7H,2-3,8-11H2,1H3. The average Bonchev–Trinajstić information content (AvgIpc) is 2.29. The molecule has 0 radical (unpaired) electrons. The third kappa shape index (κ3) is 2.60. The molecule has 0 aliphatic heterocycles. The maximum absolute atomic E-state index is 5.87. The van der Waals surface area contributed by atoms with Crippen molar-refractivity contribution in [3.8, 4) is 5.75 Å². The van der Waals surface area contributed by atoms with Crippen LogP contribution < -0.4 is 4.74 Å². The number of hydrogen-bond donors (Lipinski definition) is 0. The van der Waals surface area contributed by atoms with Crippen molar-refractivity contribution in [2.45, 2.75) is 32.6 Å². The Hall–Kier alpha value is -0.500. The summed E-state index contributed by atoms with van der Waals surface area (Å²) in [5.41, 5.74) is 1.77. The number of rotatable bonds is 5. The lowest BCUT2D eigenvalue weighted by atomic mass is 9.71. The third-order valence-electron chi connectivity index (χ3n) is 3.57. The molecule has 0 N–H and O–H groups in total. The summed E-state index contributed by atoms with van der Waals surface area (Å²) in [6.45, 7) is 3.02. The molecule has 88 valence electrons. The Morgan fingerprint density at radius 3 is 2.38 bits per heavy atom. The van der Waals surface area contributed by atoms with Crippen molar-refractivity contribution in [1.29, 1.82) is 0 Å². The Bertz CT molecular complexity index is 322. The van der Waals surface area contributed by atoms with Gasteiger partial charge < -0.3 is 4.74 Å². The van der Waals surface area contributed by atoms with E-state index in [1.54, 1.807) is 0 Å². The minimum absolute atomic E-state index is 0.406. The smallest absolute Gasteiger partial charge is 0.119 e. The van der Waals surface area contributed by atoms with Crippen LogP contribution in [0.3, 0.4) is 0 Å². The Kier molecular flexibility index (Phi) is 3.91. The molecule has 1 aromatic rings. The molecule has 1 saturated carbocycles. The topological polar surface area (TPSA) is 9.23 Å². The van der Waals surface area contributed by atoms with Gasteiger partial charge in [-0.15, -0.1) is 0 Å². The quantitative estimate of drug-likeness (QED) is 0.736. The zero-order valence-electron chi connectivity index (χ0n) is 9.84. The van der Waals surface area contributed by atoms with E-state index < -0.39 is 0 Å². The minimum atomic E-state index is 0.406. The first-order chi connectivity index (χ1) is 7.78. The van der Waals surface area contributed by atoms with Crippen molar-refractivity contribution in [2.24, 2.45) is 5.41 Å². The van der Waals surface area contributed by atoms with E-state index in [1.165, 1.54) is 24.8 Å². The van der Waals surface area contributed by atoms with Crippen molar-refractivity contribution >= 4 is 15.9 Å². The van der Waals surface area contributed by atoms with E-state index in [0.717, 1.165) is 24.1 Å². The Balaban J connectivity index is 1.89. The second-order valence-electron chi connectivity index (χ2n) is 4.77. The average molecular weight is 283 g/mol. The van der Waals surface area contributed by atoms with Gasteiger partial charge in [-0.3, -0.25) is 0 Å². The van der Waals surface area contributed by atoms with Gasteiger partial charge in [0.1, 0.15) is 5.75 Å². The van der Waals surface area contributed by atoms with E-state index in [2.05, 4.69) is 47.1 Å². The van der Waals surface area contributed by atoms with Gasteiger partial charge in [0.15, 0.2) is 0 Å². The predicted molar refractivity (Wildman–Crippen MR) is 71.4 cm³/mol. The third-order valence-corrected chi connectivity index (χ3v) is 4.76. The first-order valence-corrected chi connectivity index (χ1v) is 7.18. The van der Waals surface area contributed by atoms with Crippen LogP contribution in [0.25, 0.3) is 0 Å². The highest BCUT2D eigenvalue weighted by atomic mass is 79.9. The lowest BCUT2D eigenvalue weighted by molar-refractivity contribution is 0.0838. The molecule has 0 saturated heterocycles. The maximum Gasteiger partial charge on any atom is 0.119 e.